The van der Waals surface area contributed by atoms with E-state index in [1.54, 1.807) is 10.9 Å². The van der Waals surface area contributed by atoms with E-state index in [2.05, 4.69) is 49.8 Å². The van der Waals surface area contributed by atoms with Crippen LogP contribution >= 0.6 is 26.0 Å². The lowest BCUT2D eigenvalue weighted by molar-refractivity contribution is 0.0923. The maximum absolute atomic E-state index is 12.9. The molecule has 1 atom stereocenters. The minimum Gasteiger partial charge on any atom is -0.360 e. The summed E-state index contributed by atoms with van der Waals surface area (Å²) in [5, 5.41) is 5.39. The third-order valence-electron chi connectivity index (χ3n) is 5.55. The van der Waals surface area contributed by atoms with Crippen LogP contribution in [0.15, 0.2) is 71.9 Å². The van der Waals surface area contributed by atoms with Gasteiger partial charge >= 0.3 is 0 Å². The number of hydrogen-bond donors (Lipinski definition) is 0. The first kappa shape index (κ1) is 25.5. The van der Waals surface area contributed by atoms with Gasteiger partial charge in [-0.15, -0.1) is 0 Å². The Balaban J connectivity index is 1.60. The monoisotopic (exact) mass is 563 g/mol. The first-order valence-corrected chi connectivity index (χ1v) is 14.9. The molecule has 3 aromatic heterocycles. The molecule has 0 saturated carbocycles. The Kier molecular flexibility index (Phi) is 8.03. The molecule has 35 heavy (non-hydrogen) atoms. The summed E-state index contributed by atoms with van der Waals surface area (Å²) in [6, 6.07) is 9.19. The van der Waals surface area contributed by atoms with Crippen LogP contribution in [0.1, 0.15) is 18.0 Å². The molecule has 0 aliphatic carbocycles. The topological polar surface area (TPSA) is 57.8 Å². The van der Waals surface area contributed by atoms with E-state index in [1.165, 1.54) is 6.33 Å². The van der Waals surface area contributed by atoms with Crippen molar-refractivity contribution >= 4 is 37.0 Å². The van der Waals surface area contributed by atoms with Gasteiger partial charge in [-0.3, -0.25) is 4.68 Å². The second-order valence-corrected chi connectivity index (χ2v) is 14.6. The van der Waals surface area contributed by atoms with E-state index in [0.29, 0.717) is 13.3 Å². The van der Waals surface area contributed by atoms with Crippen molar-refractivity contribution in [2.45, 2.75) is 19.2 Å². The first-order valence-electron chi connectivity index (χ1n) is 11.1. The second kappa shape index (κ2) is 11.0. The summed E-state index contributed by atoms with van der Waals surface area (Å²) < 4.78 is 36.3. The Hall–Kier alpha value is -2.56. The molecule has 1 unspecified atom stereocenters. The van der Waals surface area contributed by atoms with Crippen molar-refractivity contribution in [3.63, 3.8) is 0 Å². The summed E-state index contributed by atoms with van der Waals surface area (Å²) >= 11 is 3.46. The lowest BCUT2D eigenvalue weighted by Gasteiger charge is -2.24. The largest absolute Gasteiger partial charge is 0.360 e. The molecular weight excluding hydrogens is 536 g/mol. The molecule has 0 aliphatic heterocycles. The van der Waals surface area contributed by atoms with Crippen molar-refractivity contribution in [1.82, 2.24) is 24.3 Å². The molecule has 10 heteroatoms. The van der Waals surface area contributed by atoms with Crippen LogP contribution in [0.5, 0.6) is 0 Å². The molecule has 1 aromatic carbocycles. The molecule has 6 nitrogen and oxygen atoms in total. The number of aromatic nitrogens is 5. The predicted octanol–water partition coefficient (Wildman–Crippen LogP) is 6.49. The average Bonchev–Trinajstić information content (AvgIpc) is 3.44. The molecular formula is C25H28BrF2N5OS. The van der Waals surface area contributed by atoms with Gasteiger partial charge in [0, 0.05) is 33.6 Å². The Morgan fingerprint density at radius 2 is 2.03 bits per heavy atom. The fourth-order valence-corrected chi connectivity index (χ4v) is 4.79. The minimum atomic E-state index is -1.71. The maximum atomic E-state index is 12.9. The summed E-state index contributed by atoms with van der Waals surface area (Å²) in [6.45, 7) is 1.12. The van der Waals surface area contributed by atoms with Gasteiger partial charge in [-0.1, -0.05) is 28.1 Å². The molecule has 0 radical (unpaired) electrons. The Morgan fingerprint density at radius 3 is 2.77 bits per heavy atom. The molecule has 0 bridgehead atoms. The van der Waals surface area contributed by atoms with Crippen LogP contribution < -0.4 is 0 Å². The molecule has 0 aliphatic rings. The molecule has 4 rings (SSSR count). The number of halogens is 3. The van der Waals surface area contributed by atoms with E-state index in [-0.39, 0.29) is 12.5 Å². The van der Waals surface area contributed by atoms with Gasteiger partial charge in [0.2, 0.25) is 0 Å². The zero-order valence-corrected chi connectivity index (χ0v) is 22.3. The van der Waals surface area contributed by atoms with E-state index in [9.17, 15) is 8.78 Å². The highest BCUT2D eigenvalue weighted by Crippen LogP contribution is 2.34. The van der Waals surface area contributed by atoms with Crippen molar-refractivity contribution < 1.29 is 13.5 Å². The lowest BCUT2D eigenvalue weighted by atomic mass is 10.0. The zero-order chi connectivity index (χ0) is 25.0. The number of nitrogens with zero attached hydrogens (tertiary/aromatic N) is 5. The predicted molar refractivity (Wildman–Crippen MR) is 142 cm³/mol. The number of benzene rings is 1. The fraction of sp³-hybridized carbons (Fsp3) is 0.320. The molecule has 4 aromatic rings. The Morgan fingerprint density at radius 1 is 1.20 bits per heavy atom. The van der Waals surface area contributed by atoms with Gasteiger partial charge in [-0.05, 0) is 55.0 Å². The summed E-state index contributed by atoms with van der Waals surface area (Å²) in [5.74, 6) is 1.05. The van der Waals surface area contributed by atoms with Crippen LogP contribution in [0.4, 0.5) is 8.78 Å². The number of rotatable bonds is 10. The smallest absolute Gasteiger partial charge is 0.266 e. The minimum absolute atomic E-state index is 0.114. The van der Waals surface area contributed by atoms with Crippen molar-refractivity contribution in [3.05, 3.63) is 77.4 Å². The van der Waals surface area contributed by atoms with Crippen LogP contribution in [0.2, 0.25) is 0 Å². The normalized spacial score (nSPS) is 13.2. The van der Waals surface area contributed by atoms with Gasteiger partial charge in [0.1, 0.15) is 18.7 Å². The van der Waals surface area contributed by atoms with Crippen LogP contribution in [-0.2, 0) is 11.5 Å². The van der Waals surface area contributed by atoms with Gasteiger partial charge in [0.05, 0.1) is 24.5 Å². The summed E-state index contributed by atoms with van der Waals surface area (Å²) in [5.41, 5.74) is 3.17. The van der Waals surface area contributed by atoms with E-state index in [0.717, 1.165) is 44.2 Å². The molecule has 3 heterocycles. The standard InChI is InChI=1S/C25H28BrF2N5OS/c1-35(2,3)12-11-34-17-32-10-9-21-24(29-16-30-25(21)32)19-14-31-33(15-19)22(7-8-23(27)28)18-5-4-6-20(26)13-18/h4-6,8-10,13-16,22H,7,11-12,17H2,1-3H3. The number of ether oxygens (including phenoxy) is 1. The Bertz CT molecular complexity index is 1330. The summed E-state index contributed by atoms with van der Waals surface area (Å²) in [6.07, 6.45) is 13.2. The van der Waals surface area contributed by atoms with Crippen LogP contribution in [-0.4, -0.2) is 55.4 Å². The SMILES string of the molecule is CS(C)(C)CCOCn1ccc2c(-c3cnn(C(CC=C(F)F)c4cccc(Br)c4)c3)ncnc21. The van der Waals surface area contributed by atoms with Crippen molar-refractivity contribution in [2.75, 3.05) is 31.1 Å². The lowest BCUT2D eigenvalue weighted by Crippen LogP contribution is -2.10. The summed E-state index contributed by atoms with van der Waals surface area (Å²) in [7, 11) is -0.604. The van der Waals surface area contributed by atoms with Crippen LogP contribution in [0, 0.1) is 0 Å². The summed E-state index contributed by atoms with van der Waals surface area (Å²) in [4.78, 5) is 8.95. The van der Waals surface area contributed by atoms with E-state index in [1.807, 2.05) is 47.3 Å². The second-order valence-electron chi connectivity index (χ2n) is 9.09. The van der Waals surface area contributed by atoms with Crippen LogP contribution in [0.25, 0.3) is 22.3 Å². The maximum Gasteiger partial charge on any atom is 0.266 e. The number of fused-ring (bicyclic) bond motifs is 1. The van der Waals surface area contributed by atoms with Gasteiger partial charge in [-0.25, -0.2) is 20.0 Å². The first-order chi connectivity index (χ1) is 16.7. The van der Waals surface area contributed by atoms with Gasteiger partial charge in [0.25, 0.3) is 6.08 Å². The quantitative estimate of drug-likeness (QED) is 0.207. The highest BCUT2D eigenvalue weighted by Gasteiger charge is 2.18. The Labute approximate surface area is 213 Å². The van der Waals surface area contributed by atoms with Crippen molar-refractivity contribution in [2.24, 2.45) is 0 Å². The molecule has 0 amide bonds. The van der Waals surface area contributed by atoms with Gasteiger partial charge < -0.3 is 9.30 Å². The van der Waals surface area contributed by atoms with Gasteiger partial charge in [0.15, 0.2) is 0 Å². The van der Waals surface area contributed by atoms with E-state index < -0.39 is 16.1 Å². The average molecular weight is 564 g/mol. The molecule has 0 fully saturated rings. The van der Waals surface area contributed by atoms with Gasteiger partial charge in [-0.2, -0.15) is 13.9 Å². The fourth-order valence-electron chi connectivity index (χ4n) is 3.75. The van der Waals surface area contributed by atoms with Crippen LogP contribution in [0.3, 0.4) is 0 Å². The highest BCUT2D eigenvalue weighted by atomic mass is 79.9. The third kappa shape index (κ3) is 6.56. The number of hydrogen-bond acceptors (Lipinski definition) is 4. The molecule has 0 spiro atoms. The number of allylic oxidation sites excluding steroid dienone is 1. The van der Waals surface area contributed by atoms with Crippen molar-refractivity contribution in [3.8, 4) is 11.3 Å². The third-order valence-corrected chi connectivity index (χ3v) is 7.43. The van der Waals surface area contributed by atoms with E-state index >= 15 is 0 Å². The van der Waals surface area contributed by atoms with E-state index in [4.69, 9.17) is 4.74 Å². The zero-order valence-electron chi connectivity index (χ0n) is 19.9. The highest BCUT2D eigenvalue weighted by molar-refractivity contribution is 9.10. The molecule has 0 N–H and O–H groups in total. The molecule has 186 valence electrons. The van der Waals surface area contributed by atoms with Crippen molar-refractivity contribution in [1.29, 1.82) is 0 Å². The molecule has 0 saturated heterocycles.